The molecule has 0 spiro atoms. The fraction of sp³-hybridized carbons (Fsp3) is 0.875. The molecule has 0 radical (unpaired) electrons. The van der Waals surface area contributed by atoms with Crippen molar-refractivity contribution in [3.8, 4) is 0 Å². The number of aliphatic hydroxyl groups is 1. The average molecular weight is 176 g/mol. The molecule has 0 aliphatic rings. The van der Waals surface area contributed by atoms with Gasteiger partial charge in [0.05, 0.1) is 12.7 Å². The predicted molar refractivity (Wildman–Crippen MR) is 43.7 cm³/mol. The third-order valence-corrected chi connectivity index (χ3v) is 1.60. The summed E-state index contributed by atoms with van der Waals surface area (Å²) < 4.78 is 9.54. The van der Waals surface area contributed by atoms with Crippen LogP contribution in [0.4, 0.5) is 0 Å². The van der Waals surface area contributed by atoms with Crippen molar-refractivity contribution in [3.05, 3.63) is 0 Å². The van der Waals surface area contributed by atoms with Crippen LogP contribution in [0.2, 0.25) is 0 Å². The molecule has 0 bridgehead atoms. The number of esters is 1. The Hall–Kier alpha value is -0.610. The van der Waals surface area contributed by atoms with Gasteiger partial charge in [0.25, 0.3) is 0 Å². The second kappa shape index (κ2) is 4.42. The predicted octanol–water partition coefficient (Wildman–Crippen LogP) is 0.335. The molecule has 0 amide bonds. The molecule has 12 heavy (non-hydrogen) atoms. The Bertz CT molecular complexity index is 153. The zero-order valence-corrected chi connectivity index (χ0v) is 7.96. The van der Waals surface area contributed by atoms with Crippen LogP contribution in [0.5, 0.6) is 0 Å². The molecule has 0 rings (SSSR count). The fourth-order valence-electron chi connectivity index (χ4n) is 0.846. The molecule has 0 aromatic heterocycles. The van der Waals surface area contributed by atoms with Gasteiger partial charge in [-0.05, 0) is 20.8 Å². The first-order valence-corrected chi connectivity index (χ1v) is 3.85. The van der Waals surface area contributed by atoms with Crippen LogP contribution >= 0.6 is 0 Å². The van der Waals surface area contributed by atoms with Crippen LogP contribution in [0, 0.1) is 0 Å². The van der Waals surface area contributed by atoms with Gasteiger partial charge in [-0.25, -0.2) is 4.79 Å². The first-order valence-electron chi connectivity index (χ1n) is 3.85. The van der Waals surface area contributed by atoms with Crippen molar-refractivity contribution >= 4 is 5.97 Å². The van der Waals surface area contributed by atoms with Crippen LogP contribution in [0.15, 0.2) is 0 Å². The lowest BCUT2D eigenvalue weighted by atomic mass is 10.0. The molecule has 0 aromatic rings. The SMILES string of the molecule is CCOC(C)(C)C(O)C(=O)OC. The quantitative estimate of drug-likeness (QED) is 0.627. The van der Waals surface area contributed by atoms with Crippen molar-refractivity contribution in [2.45, 2.75) is 32.5 Å². The molecule has 0 saturated carbocycles. The van der Waals surface area contributed by atoms with E-state index in [4.69, 9.17) is 4.74 Å². The van der Waals surface area contributed by atoms with Crippen LogP contribution in [0.1, 0.15) is 20.8 Å². The second-order valence-corrected chi connectivity index (χ2v) is 2.96. The first kappa shape index (κ1) is 11.4. The summed E-state index contributed by atoms with van der Waals surface area (Å²) >= 11 is 0. The zero-order chi connectivity index (χ0) is 9.78. The van der Waals surface area contributed by atoms with E-state index in [9.17, 15) is 9.90 Å². The Kier molecular flexibility index (Phi) is 4.20. The summed E-state index contributed by atoms with van der Waals surface area (Å²) in [5, 5.41) is 9.38. The average Bonchev–Trinajstić information content (AvgIpc) is 2.01. The highest BCUT2D eigenvalue weighted by atomic mass is 16.6. The summed E-state index contributed by atoms with van der Waals surface area (Å²) in [5.74, 6) is -0.673. The van der Waals surface area contributed by atoms with Gasteiger partial charge in [-0.1, -0.05) is 0 Å². The van der Waals surface area contributed by atoms with Gasteiger partial charge >= 0.3 is 5.97 Å². The molecule has 72 valence electrons. The normalized spacial score (nSPS) is 14.1. The van der Waals surface area contributed by atoms with Crippen molar-refractivity contribution < 1.29 is 19.4 Å². The number of carbonyl (C=O) groups excluding carboxylic acids is 1. The van der Waals surface area contributed by atoms with Gasteiger partial charge in [-0.15, -0.1) is 0 Å². The molecule has 0 heterocycles. The first-order chi connectivity index (χ1) is 5.45. The maximum Gasteiger partial charge on any atom is 0.337 e. The van der Waals surface area contributed by atoms with E-state index in [0.29, 0.717) is 6.61 Å². The van der Waals surface area contributed by atoms with Gasteiger partial charge in [0, 0.05) is 6.61 Å². The molecular weight excluding hydrogens is 160 g/mol. The second-order valence-electron chi connectivity index (χ2n) is 2.96. The van der Waals surface area contributed by atoms with Gasteiger partial charge in [-0.3, -0.25) is 0 Å². The highest BCUT2D eigenvalue weighted by Gasteiger charge is 2.34. The van der Waals surface area contributed by atoms with Gasteiger partial charge in [0.15, 0.2) is 6.10 Å². The summed E-state index contributed by atoms with van der Waals surface area (Å²) in [6.07, 6.45) is -1.23. The Morgan fingerprint density at radius 3 is 2.42 bits per heavy atom. The van der Waals surface area contributed by atoms with E-state index < -0.39 is 17.7 Å². The lowest BCUT2D eigenvalue weighted by Gasteiger charge is -2.28. The highest BCUT2D eigenvalue weighted by Crippen LogP contribution is 2.15. The number of ether oxygens (including phenoxy) is 2. The highest BCUT2D eigenvalue weighted by molar-refractivity contribution is 5.75. The molecule has 4 heteroatoms. The molecular formula is C8H16O4. The maximum absolute atomic E-state index is 10.9. The van der Waals surface area contributed by atoms with Crippen molar-refractivity contribution in [2.75, 3.05) is 13.7 Å². The standard InChI is InChI=1S/C8H16O4/c1-5-12-8(2,3)6(9)7(10)11-4/h6,9H,5H2,1-4H3. The molecule has 4 nitrogen and oxygen atoms in total. The van der Waals surface area contributed by atoms with Crippen molar-refractivity contribution in [2.24, 2.45) is 0 Å². The molecule has 0 aliphatic heterocycles. The molecule has 0 aromatic carbocycles. The van der Waals surface area contributed by atoms with E-state index in [1.165, 1.54) is 7.11 Å². The van der Waals surface area contributed by atoms with Crippen LogP contribution in [0.25, 0.3) is 0 Å². The summed E-state index contributed by atoms with van der Waals surface area (Å²) in [7, 11) is 1.23. The minimum atomic E-state index is -1.23. The zero-order valence-electron chi connectivity index (χ0n) is 7.96. The van der Waals surface area contributed by atoms with Crippen LogP contribution in [0.3, 0.4) is 0 Å². The Balaban J connectivity index is 4.23. The molecule has 0 fully saturated rings. The number of hydrogen-bond donors (Lipinski definition) is 1. The maximum atomic E-state index is 10.9. The molecule has 1 N–H and O–H groups in total. The summed E-state index contributed by atoms with van der Waals surface area (Å²) in [6, 6.07) is 0. The number of hydrogen-bond acceptors (Lipinski definition) is 4. The number of aliphatic hydroxyl groups excluding tert-OH is 1. The van der Waals surface area contributed by atoms with Crippen molar-refractivity contribution in [1.82, 2.24) is 0 Å². The summed E-state index contributed by atoms with van der Waals surface area (Å²) in [5.41, 5.74) is -0.887. The Labute approximate surface area is 72.5 Å². The minimum Gasteiger partial charge on any atom is -0.467 e. The van der Waals surface area contributed by atoms with Gasteiger partial charge in [0.1, 0.15) is 0 Å². The van der Waals surface area contributed by atoms with Gasteiger partial charge in [-0.2, -0.15) is 0 Å². The summed E-state index contributed by atoms with van der Waals surface area (Å²) in [4.78, 5) is 10.9. The third kappa shape index (κ3) is 2.79. The third-order valence-electron chi connectivity index (χ3n) is 1.60. The Morgan fingerprint density at radius 2 is 2.08 bits per heavy atom. The molecule has 1 unspecified atom stereocenters. The van der Waals surface area contributed by atoms with Crippen molar-refractivity contribution in [3.63, 3.8) is 0 Å². The molecule has 0 aliphatic carbocycles. The Morgan fingerprint density at radius 1 is 1.58 bits per heavy atom. The van der Waals surface area contributed by atoms with E-state index in [1.54, 1.807) is 20.8 Å². The lowest BCUT2D eigenvalue weighted by Crippen LogP contribution is -2.45. The van der Waals surface area contributed by atoms with E-state index >= 15 is 0 Å². The van der Waals surface area contributed by atoms with Crippen LogP contribution in [-0.2, 0) is 14.3 Å². The van der Waals surface area contributed by atoms with Gasteiger partial charge in [0.2, 0.25) is 0 Å². The number of methoxy groups -OCH3 is 1. The molecule has 0 saturated heterocycles. The van der Waals surface area contributed by atoms with Crippen LogP contribution < -0.4 is 0 Å². The van der Waals surface area contributed by atoms with Gasteiger partial charge < -0.3 is 14.6 Å². The number of carbonyl (C=O) groups is 1. The fourth-order valence-corrected chi connectivity index (χ4v) is 0.846. The lowest BCUT2D eigenvalue weighted by molar-refractivity contribution is -0.169. The topological polar surface area (TPSA) is 55.8 Å². The largest absolute Gasteiger partial charge is 0.467 e. The monoisotopic (exact) mass is 176 g/mol. The van der Waals surface area contributed by atoms with Crippen molar-refractivity contribution in [1.29, 1.82) is 0 Å². The smallest absolute Gasteiger partial charge is 0.337 e. The van der Waals surface area contributed by atoms with E-state index in [-0.39, 0.29) is 0 Å². The van der Waals surface area contributed by atoms with E-state index in [2.05, 4.69) is 4.74 Å². The molecule has 1 atom stereocenters. The number of rotatable bonds is 4. The van der Waals surface area contributed by atoms with E-state index in [1.807, 2.05) is 0 Å². The summed E-state index contributed by atoms with van der Waals surface area (Å²) in [6.45, 7) is 5.52. The van der Waals surface area contributed by atoms with E-state index in [0.717, 1.165) is 0 Å². The van der Waals surface area contributed by atoms with Crippen LogP contribution in [-0.4, -0.2) is 36.5 Å². The minimum absolute atomic E-state index is 0.445.